The van der Waals surface area contributed by atoms with E-state index in [1.54, 1.807) is 7.11 Å². The maximum Gasteiger partial charge on any atom is 0.166 e. The molecule has 0 bridgehead atoms. The van der Waals surface area contributed by atoms with E-state index in [0.717, 1.165) is 12.1 Å². The van der Waals surface area contributed by atoms with Crippen molar-refractivity contribution in [2.24, 2.45) is 5.92 Å². The number of hydrogen-bond acceptors (Lipinski definition) is 4. The van der Waals surface area contributed by atoms with Crippen LogP contribution in [0.25, 0.3) is 0 Å². The normalized spacial score (nSPS) is 12.6. The van der Waals surface area contributed by atoms with E-state index in [-0.39, 0.29) is 18.3 Å². The van der Waals surface area contributed by atoms with Gasteiger partial charge in [0, 0.05) is 38.2 Å². The molecule has 1 aromatic rings. The fourth-order valence-corrected chi connectivity index (χ4v) is 2.01. The summed E-state index contributed by atoms with van der Waals surface area (Å²) < 4.78 is 5.04. The molecule has 4 heteroatoms. The van der Waals surface area contributed by atoms with Crippen molar-refractivity contribution in [2.75, 3.05) is 40.0 Å². The Kier molecular flexibility index (Phi) is 7.33. The number of aliphatic hydroxyl groups is 1. The molecule has 0 fully saturated rings. The van der Waals surface area contributed by atoms with Gasteiger partial charge in [-0.2, -0.15) is 0 Å². The number of nitrogens with zero attached hydrogens (tertiary/aromatic N) is 1. The summed E-state index contributed by atoms with van der Waals surface area (Å²) in [5, 5.41) is 9.04. The van der Waals surface area contributed by atoms with E-state index >= 15 is 0 Å². The Morgan fingerprint density at radius 3 is 2.58 bits per heavy atom. The second kappa shape index (κ2) is 8.80. The van der Waals surface area contributed by atoms with Crippen molar-refractivity contribution in [3.8, 4) is 0 Å². The highest BCUT2D eigenvalue weighted by Gasteiger charge is 2.18. The van der Waals surface area contributed by atoms with Crippen LogP contribution in [-0.2, 0) is 4.74 Å². The minimum Gasteiger partial charge on any atom is -0.395 e. The Morgan fingerprint density at radius 1 is 1.32 bits per heavy atom. The van der Waals surface area contributed by atoms with E-state index in [0.29, 0.717) is 19.7 Å². The van der Waals surface area contributed by atoms with E-state index in [1.165, 1.54) is 0 Å². The molecule has 1 N–H and O–H groups in total. The molecule has 0 saturated carbocycles. The van der Waals surface area contributed by atoms with Crippen molar-refractivity contribution in [3.05, 3.63) is 35.9 Å². The Hall–Kier alpha value is -1.23. The summed E-state index contributed by atoms with van der Waals surface area (Å²) in [6, 6.07) is 9.32. The van der Waals surface area contributed by atoms with Gasteiger partial charge in [-0.15, -0.1) is 0 Å². The Morgan fingerprint density at radius 2 is 2.00 bits per heavy atom. The van der Waals surface area contributed by atoms with Crippen LogP contribution >= 0.6 is 0 Å². The summed E-state index contributed by atoms with van der Waals surface area (Å²) in [6.07, 6.45) is 0. The lowest BCUT2D eigenvalue weighted by molar-refractivity contribution is 0.0844. The van der Waals surface area contributed by atoms with Crippen LogP contribution in [0.3, 0.4) is 0 Å². The highest BCUT2D eigenvalue weighted by atomic mass is 16.5. The first-order valence-electron chi connectivity index (χ1n) is 6.60. The molecule has 0 amide bonds. The third kappa shape index (κ3) is 5.51. The molecule has 0 aliphatic rings. The Bertz CT molecular complexity index is 367. The molecular weight excluding hydrogens is 242 g/mol. The number of rotatable bonds is 9. The van der Waals surface area contributed by atoms with Gasteiger partial charge in [-0.05, 0) is 0 Å². The predicted molar refractivity (Wildman–Crippen MR) is 75.3 cm³/mol. The van der Waals surface area contributed by atoms with Gasteiger partial charge in [0.1, 0.15) is 0 Å². The molecule has 0 heterocycles. The Labute approximate surface area is 115 Å². The van der Waals surface area contributed by atoms with E-state index in [2.05, 4.69) is 4.90 Å². The average molecular weight is 265 g/mol. The smallest absolute Gasteiger partial charge is 0.166 e. The van der Waals surface area contributed by atoms with Crippen molar-refractivity contribution in [1.82, 2.24) is 4.90 Å². The first-order valence-corrected chi connectivity index (χ1v) is 6.60. The van der Waals surface area contributed by atoms with E-state index < -0.39 is 0 Å². The maximum absolute atomic E-state index is 12.2. The molecule has 19 heavy (non-hydrogen) atoms. The predicted octanol–water partition coefficient (Wildman–Crippen LogP) is 1.45. The summed E-state index contributed by atoms with van der Waals surface area (Å²) in [4.78, 5) is 14.3. The van der Waals surface area contributed by atoms with Crippen LogP contribution in [0.1, 0.15) is 17.3 Å². The highest BCUT2D eigenvalue weighted by Crippen LogP contribution is 2.10. The molecule has 1 atom stereocenters. The lowest BCUT2D eigenvalue weighted by atomic mass is 9.99. The molecule has 0 spiro atoms. The van der Waals surface area contributed by atoms with Crippen molar-refractivity contribution in [2.45, 2.75) is 6.92 Å². The van der Waals surface area contributed by atoms with Crippen LogP contribution in [0.5, 0.6) is 0 Å². The van der Waals surface area contributed by atoms with Crippen LogP contribution in [0.2, 0.25) is 0 Å². The van der Waals surface area contributed by atoms with Crippen molar-refractivity contribution in [1.29, 1.82) is 0 Å². The third-order valence-electron chi connectivity index (χ3n) is 3.07. The lowest BCUT2D eigenvalue weighted by Crippen LogP contribution is -2.36. The molecule has 0 radical (unpaired) electrons. The lowest BCUT2D eigenvalue weighted by Gasteiger charge is -2.24. The standard InChI is InChI=1S/C15H23NO3/c1-13(12-16(8-10-17)9-11-19-2)15(18)14-6-4-3-5-7-14/h3-7,13,17H,8-12H2,1-2H3. The maximum atomic E-state index is 12.2. The van der Waals surface area contributed by atoms with Gasteiger partial charge in [0.05, 0.1) is 13.2 Å². The fourth-order valence-electron chi connectivity index (χ4n) is 2.01. The summed E-state index contributed by atoms with van der Waals surface area (Å²) in [5.41, 5.74) is 0.741. The molecule has 0 aromatic heterocycles. The molecular formula is C15H23NO3. The van der Waals surface area contributed by atoms with Gasteiger partial charge in [-0.1, -0.05) is 37.3 Å². The number of carbonyl (C=O) groups is 1. The van der Waals surface area contributed by atoms with Gasteiger partial charge in [0.15, 0.2) is 5.78 Å². The van der Waals surface area contributed by atoms with E-state index in [9.17, 15) is 4.79 Å². The zero-order valence-electron chi connectivity index (χ0n) is 11.7. The largest absolute Gasteiger partial charge is 0.395 e. The molecule has 1 aromatic carbocycles. The van der Waals surface area contributed by atoms with E-state index in [4.69, 9.17) is 9.84 Å². The fraction of sp³-hybridized carbons (Fsp3) is 0.533. The van der Waals surface area contributed by atoms with E-state index in [1.807, 2.05) is 37.3 Å². The van der Waals surface area contributed by atoms with Gasteiger partial charge in [-0.25, -0.2) is 0 Å². The molecule has 106 valence electrons. The topological polar surface area (TPSA) is 49.8 Å². The zero-order valence-corrected chi connectivity index (χ0v) is 11.7. The quantitative estimate of drug-likeness (QED) is 0.687. The van der Waals surface area contributed by atoms with Gasteiger partial charge in [0.2, 0.25) is 0 Å². The minimum atomic E-state index is -0.0918. The molecule has 1 unspecified atom stereocenters. The van der Waals surface area contributed by atoms with Crippen molar-refractivity contribution < 1.29 is 14.6 Å². The number of ether oxygens (including phenoxy) is 1. The second-order valence-corrected chi connectivity index (χ2v) is 4.65. The summed E-state index contributed by atoms with van der Waals surface area (Å²) in [5.74, 6) is 0.0479. The summed E-state index contributed by atoms with van der Waals surface area (Å²) >= 11 is 0. The number of Topliss-reactive ketones (excluding diaryl/α,β-unsaturated/α-hetero) is 1. The summed E-state index contributed by atoms with van der Waals surface area (Å²) in [7, 11) is 1.65. The SMILES string of the molecule is COCCN(CCO)CC(C)C(=O)c1ccccc1. The first-order chi connectivity index (χ1) is 9.19. The first kappa shape index (κ1) is 15.8. The molecule has 0 aliphatic heterocycles. The second-order valence-electron chi connectivity index (χ2n) is 4.65. The molecule has 0 aliphatic carbocycles. The van der Waals surface area contributed by atoms with Gasteiger partial charge in [-0.3, -0.25) is 9.69 Å². The van der Waals surface area contributed by atoms with Gasteiger partial charge < -0.3 is 9.84 Å². The van der Waals surface area contributed by atoms with Crippen LogP contribution < -0.4 is 0 Å². The van der Waals surface area contributed by atoms with Crippen LogP contribution in [-0.4, -0.2) is 55.7 Å². The number of benzene rings is 1. The average Bonchev–Trinajstić information content (AvgIpc) is 2.45. The molecule has 1 rings (SSSR count). The molecule has 0 saturated heterocycles. The highest BCUT2D eigenvalue weighted by molar-refractivity contribution is 5.97. The zero-order chi connectivity index (χ0) is 14.1. The summed E-state index contributed by atoms with van der Waals surface area (Å²) in [6.45, 7) is 4.55. The van der Waals surface area contributed by atoms with Crippen molar-refractivity contribution >= 4 is 5.78 Å². The van der Waals surface area contributed by atoms with Crippen molar-refractivity contribution in [3.63, 3.8) is 0 Å². The van der Waals surface area contributed by atoms with Crippen LogP contribution in [0, 0.1) is 5.92 Å². The third-order valence-corrected chi connectivity index (χ3v) is 3.07. The van der Waals surface area contributed by atoms with Gasteiger partial charge in [0.25, 0.3) is 0 Å². The Balaban J connectivity index is 2.55. The number of aliphatic hydroxyl groups excluding tert-OH is 1. The number of carbonyl (C=O) groups excluding carboxylic acids is 1. The minimum absolute atomic E-state index is 0.0918. The number of ketones is 1. The van der Waals surface area contributed by atoms with Crippen LogP contribution in [0.4, 0.5) is 0 Å². The monoisotopic (exact) mass is 265 g/mol. The number of methoxy groups -OCH3 is 1. The van der Waals surface area contributed by atoms with Crippen LogP contribution in [0.15, 0.2) is 30.3 Å². The van der Waals surface area contributed by atoms with Gasteiger partial charge >= 0.3 is 0 Å². The molecule has 4 nitrogen and oxygen atoms in total. The number of hydrogen-bond donors (Lipinski definition) is 1.